The first-order valence-electron chi connectivity index (χ1n) is 2.54. The van der Waals surface area contributed by atoms with Crippen molar-refractivity contribution in [2.75, 3.05) is 0 Å². The lowest BCUT2D eigenvalue weighted by molar-refractivity contribution is 1.17. The average Bonchev–Trinajstić information content (AvgIpc) is 2.05. The van der Waals surface area contributed by atoms with E-state index >= 15 is 0 Å². The van der Waals surface area contributed by atoms with Gasteiger partial charge < -0.3 is 5.84 Å². The van der Waals surface area contributed by atoms with Gasteiger partial charge in [-0.2, -0.15) is 5.10 Å². The number of hydrogen-bond donors (Lipinski definition) is 1. The minimum absolute atomic E-state index is 0.501. The van der Waals surface area contributed by atoms with E-state index in [1.807, 2.05) is 0 Å². The number of aromatic nitrogens is 2. The normalized spacial score (nSPS) is 11.5. The zero-order chi connectivity index (χ0) is 7.40. The maximum absolute atomic E-state index is 4.98. The van der Waals surface area contributed by atoms with E-state index in [1.165, 1.54) is 0 Å². The Morgan fingerprint density at radius 1 is 1.60 bits per heavy atom. The largest absolute Gasteiger partial charge is 0.322 e. The van der Waals surface area contributed by atoms with Crippen molar-refractivity contribution in [3.63, 3.8) is 0 Å². The van der Waals surface area contributed by atoms with Crippen molar-refractivity contribution in [3.8, 4) is 0 Å². The van der Waals surface area contributed by atoms with Crippen molar-refractivity contribution in [2.45, 2.75) is 0 Å². The molecule has 0 amide bonds. The van der Waals surface area contributed by atoms with Crippen LogP contribution in [0.3, 0.4) is 0 Å². The summed E-state index contributed by atoms with van der Waals surface area (Å²) in [6, 6.07) is 0. The summed E-state index contributed by atoms with van der Waals surface area (Å²) in [5.41, 5.74) is 0.630. The molecule has 1 heterocycles. The maximum atomic E-state index is 4.98. The highest BCUT2D eigenvalue weighted by Crippen LogP contribution is 1.98. The summed E-state index contributed by atoms with van der Waals surface area (Å²) in [4.78, 5) is 7.75. The third-order valence-electron chi connectivity index (χ3n) is 0.888. The Balaban J connectivity index is 2.96. The molecule has 52 valence electrons. The van der Waals surface area contributed by atoms with Gasteiger partial charge >= 0.3 is 0 Å². The number of halogens is 1. The Morgan fingerprint density at radius 3 is 2.90 bits per heavy atom. The fourth-order valence-electron chi connectivity index (χ4n) is 0.472. The molecule has 1 aromatic heterocycles. The van der Waals surface area contributed by atoms with Gasteiger partial charge in [0.1, 0.15) is 5.69 Å². The maximum Gasteiger partial charge on any atom is 0.152 e. The molecule has 1 rings (SSSR count). The molecule has 2 N–H and O–H groups in total. The molecule has 0 atom stereocenters. The van der Waals surface area contributed by atoms with Crippen molar-refractivity contribution in [3.05, 3.63) is 24.3 Å². The van der Waals surface area contributed by atoms with Gasteiger partial charge in [0.25, 0.3) is 0 Å². The van der Waals surface area contributed by atoms with Crippen LogP contribution in [-0.2, 0) is 0 Å². The van der Waals surface area contributed by atoms with Crippen LogP contribution in [0.2, 0.25) is 0 Å². The van der Waals surface area contributed by atoms with Crippen LogP contribution < -0.4 is 5.84 Å². The van der Waals surface area contributed by atoms with Crippen LogP contribution in [0.1, 0.15) is 5.69 Å². The van der Waals surface area contributed by atoms with Crippen molar-refractivity contribution < 1.29 is 0 Å². The molecule has 4 nitrogen and oxygen atoms in total. The summed E-state index contributed by atoms with van der Waals surface area (Å²) in [6.45, 7) is 0. The molecule has 5 heteroatoms. The predicted molar refractivity (Wildman–Crippen MR) is 41.7 cm³/mol. The molecule has 0 aliphatic rings. The lowest BCUT2D eigenvalue weighted by atomic mass is 10.5. The van der Waals surface area contributed by atoms with Crippen LogP contribution >= 0.6 is 15.9 Å². The monoisotopic (exact) mass is 200 g/mol. The molecule has 0 bridgehead atoms. The topological polar surface area (TPSA) is 64.2 Å². The fraction of sp³-hybridized carbons (Fsp3) is 0. The second-order valence-electron chi connectivity index (χ2n) is 1.51. The quantitative estimate of drug-likeness (QED) is 0.408. The van der Waals surface area contributed by atoms with Crippen LogP contribution in [0, 0.1) is 0 Å². The Kier molecular flexibility index (Phi) is 2.33. The van der Waals surface area contributed by atoms with Gasteiger partial charge in [-0.3, -0.25) is 9.97 Å². The second kappa shape index (κ2) is 3.26. The van der Waals surface area contributed by atoms with Crippen molar-refractivity contribution >= 4 is 20.6 Å². The average molecular weight is 201 g/mol. The van der Waals surface area contributed by atoms with E-state index in [0.717, 1.165) is 0 Å². The van der Waals surface area contributed by atoms with Crippen LogP contribution in [0.4, 0.5) is 0 Å². The van der Waals surface area contributed by atoms with Gasteiger partial charge in [-0.15, -0.1) is 0 Å². The minimum Gasteiger partial charge on any atom is -0.322 e. The van der Waals surface area contributed by atoms with Crippen LogP contribution in [-0.4, -0.2) is 14.6 Å². The summed E-state index contributed by atoms with van der Waals surface area (Å²) in [7, 11) is 0. The summed E-state index contributed by atoms with van der Waals surface area (Å²) in [5.74, 6) is 4.98. The first kappa shape index (κ1) is 7.14. The Bertz CT molecular complexity index is 233. The Hall–Kier alpha value is -0.970. The molecule has 0 aromatic carbocycles. The van der Waals surface area contributed by atoms with Crippen molar-refractivity contribution in [1.29, 1.82) is 0 Å². The van der Waals surface area contributed by atoms with Crippen LogP contribution in [0.15, 0.2) is 23.7 Å². The highest BCUT2D eigenvalue weighted by molar-refractivity contribution is 9.18. The van der Waals surface area contributed by atoms with Gasteiger partial charge in [0.05, 0.1) is 6.20 Å². The number of hydrazone groups is 1. The fourth-order valence-corrected chi connectivity index (χ4v) is 0.677. The SMILES string of the molecule is NN=C(Br)c1cnccn1. The summed E-state index contributed by atoms with van der Waals surface area (Å²) in [6.07, 6.45) is 4.72. The van der Waals surface area contributed by atoms with Crippen LogP contribution in [0.5, 0.6) is 0 Å². The molecule has 0 saturated heterocycles. The van der Waals surface area contributed by atoms with E-state index < -0.39 is 0 Å². The lowest BCUT2D eigenvalue weighted by Crippen LogP contribution is -1.98. The summed E-state index contributed by atoms with van der Waals surface area (Å²) < 4.78 is 0.501. The summed E-state index contributed by atoms with van der Waals surface area (Å²) in [5, 5.41) is 3.39. The van der Waals surface area contributed by atoms with Gasteiger partial charge in [-0.05, 0) is 15.9 Å². The Morgan fingerprint density at radius 2 is 2.40 bits per heavy atom. The zero-order valence-corrected chi connectivity index (χ0v) is 6.62. The number of nitrogens with two attached hydrogens (primary N) is 1. The Labute approximate surface area is 66.3 Å². The second-order valence-corrected chi connectivity index (χ2v) is 2.26. The van der Waals surface area contributed by atoms with E-state index in [0.29, 0.717) is 10.3 Å². The van der Waals surface area contributed by atoms with Gasteiger partial charge in [-0.1, -0.05) is 0 Å². The summed E-state index contributed by atoms with van der Waals surface area (Å²) >= 11 is 3.11. The van der Waals surface area contributed by atoms with E-state index in [9.17, 15) is 0 Å². The molecule has 0 radical (unpaired) electrons. The number of nitrogens with zero attached hydrogens (tertiary/aromatic N) is 3. The van der Waals surface area contributed by atoms with E-state index in [4.69, 9.17) is 5.84 Å². The van der Waals surface area contributed by atoms with Crippen molar-refractivity contribution in [1.82, 2.24) is 9.97 Å². The highest BCUT2D eigenvalue weighted by atomic mass is 79.9. The molecule has 0 aliphatic carbocycles. The lowest BCUT2D eigenvalue weighted by Gasteiger charge is -1.91. The highest BCUT2D eigenvalue weighted by Gasteiger charge is 1.97. The number of rotatable bonds is 1. The van der Waals surface area contributed by atoms with E-state index in [1.54, 1.807) is 18.6 Å². The molecule has 10 heavy (non-hydrogen) atoms. The van der Waals surface area contributed by atoms with E-state index in [-0.39, 0.29) is 0 Å². The van der Waals surface area contributed by atoms with Gasteiger partial charge in [0.2, 0.25) is 0 Å². The minimum atomic E-state index is 0.501. The van der Waals surface area contributed by atoms with Crippen molar-refractivity contribution in [2.24, 2.45) is 10.9 Å². The number of hydrogen-bond acceptors (Lipinski definition) is 4. The van der Waals surface area contributed by atoms with E-state index in [2.05, 4.69) is 31.0 Å². The molecule has 0 fully saturated rings. The smallest absolute Gasteiger partial charge is 0.152 e. The van der Waals surface area contributed by atoms with Gasteiger partial charge in [0.15, 0.2) is 4.62 Å². The predicted octanol–water partition coefficient (Wildman–Crippen LogP) is 0.492. The molecule has 0 unspecified atom stereocenters. The van der Waals surface area contributed by atoms with Gasteiger partial charge in [-0.25, -0.2) is 0 Å². The third kappa shape index (κ3) is 1.51. The first-order valence-corrected chi connectivity index (χ1v) is 3.33. The molecular weight excluding hydrogens is 196 g/mol. The molecule has 0 saturated carbocycles. The third-order valence-corrected chi connectivity index (χ3v) is 1.50. The zero-order valence-electron chi connectivity index (χ0n) is 5.03. The molecule has 1 aromatic rings. The van der Waals surface area contributed by atoms with Gasteiger partial charge in [0, 0.05) is 12.4 Å². The first-order chi connectivity index (χ1) is 4.84. The standard InChI is InChI=1S/C5H5BrN4/c6-5(10-7)4-3-8-1-2-9-4/h1-3H,7H2. The van der Waals surface area contributed by atoms with Crippen LogP contribution in [0.25, 0.3) is 0 Å². The molecule has 0 aliphatic heterocycles. The molecule has 0 spiro atoms. The molecular formula is C5H5BrN4.